The molecule has 2 N–H and O–H groups in total. The number of rotatable bonds is 2. The van der Waals surface area contributed by atoms with Gasteiger partial charge in [0, 0.05) is 16.8 Å². The molecule has 0 amide bonds. The highest BCUT2D eigenvalue weighted by Crippen LogP contribution is 2.35. The number of benzene rings is 2. The van der Waals surface area contributed by atoms with Gasteiger partial charge in [-0.25, -0.2) is 0 Å². The van der Waals surface area contributed by atoms with Crippen molar-refractivity contribution in [3.63, 3.8) is 0 Å². The second-order valence-electron chi connectivity index (χ2n) is 4.34. The van der Waals surface area contributed by atoms with Crippen molar-refractivity contribution in [2.75, 3.05) is 10.6 Å². The Balaban J connectivity index is 2.12. The molecule has 1 aliphatic heterocycles. The van der Waals surface area contributed by atoms with Gasteiger partial charge in [0.2, 0.25) is 0 Å². The summed E-state index contributed by atoms with van der Waals surface area (Å²) in [6.45, 7) is 2.21. The first kappa shape index (κ1) is 9.52. The molecule has 0 unspecified atom stereocenters. The van der Waals surface area contributed by atoms with Gasteiger partial charge in [-0.3, -0.25) is 0 Å². The van der Waals surface area contributed by atoms with Gasteiger partial charge in [-0.05, 0) is 23.9 Å². The summed E-state index contributed by atoms with van der Waals surface area (Å²) in [7, 11) is 0. The Morgan fingerprint density at radius 1 is 1.00 bits per heavy atom. The van der Waals surface area contributed by atoms with Crippen LogP contribution in [-0.4, -0.2) is 6.17 Å². The van der Waals surface area contributed by atoms with Crippen molar-refractivity contribution < 1.29 is 0 Å². The molecule has 1 heterocycles. The van der Waals surface area contributed by atoms with Crippen LogP contribution in [0.2, 0.25) is 0 Å². The van der Waals surface area contributed by atoms with E-state index in [-0.39, 0.29) is 0 Å². The van der Waals surface area contributed by atoms with Crippen LogP contribution < -0.4 is 10.6 Å². The Morgan fingerprint density at radius 3 is 2.19 bits per heavy atom. The maximum atomic E-state index is 3.55. The zero-order valence-corrected chi connectivity index (χ0v) is 9.46. The van der Waals surface area contributed by atoms with Crippen molar-refractivity contribution >= 4 is 22.1 Å². The van der Waals surface area contributed by atoms with Gasteiger partial charge in [-0.1, -0.05) is 37.6 Å². The fraction of sp³-hybridized carbons (Fsp3) is 0.286. The van der Waals surface area contributed by atoms with Gasteiger partial charge in [0.05, 0.1) is 6.17 Å². The lowest BCUT2D eigenvalue weighted by Crippen LogP contribution is -2.31. The zero-order valence-electron chi connectivity index (χ0n) is 9.46. The Bertz CT molecular complexity index is 478. The van der Waals surface area contributed by atoms with E-state index in [1.54, 1.807) is 0 Å². The summed E-state index contributed by atoms with van der Waals surface area (Å²) in [6, 6.07) is 12.9. The first-order chi connectivity index (χ1) is 7.88. The molecule has 3 rings (SSSR count). The molecule has 0 bridgehead atoms. The summed E-state index contributed by atoms with van der Waals surface area (Å²) in [5.41, 5.74) is 2.51. The minimum atomic E-state index is 0.366. The summed E-state index contributed by atoms with van der Waals surface area (Å²) in [4.78, 5) is 0. The van der Waals surface area contributed by atoms with Crippen LogP contribution in [-0.2, 0) is 0 Å². The number of hydrogen-bond acceptors (Lipinski definition) is 2. The molecule has 0 radical (unpaired) electrons. The third-order valence-electron chi connectivity index (χ3n) is 3.14. The molecular weight excluding hydrogens is 196 g/mol. The van der Waals surface area contributed by atoms with Gasteiger partial charge in [-0.15, -0.1) is 0 Å². The van der Waals surface area contributed by atoms with Crippen molar-refractivity contribution in [2.24, 2.45) is 0 Å². The fourth-order valence-electron chi connectivity index (χ4n) is 2.43. The lowest BCUT2D eigenvalue weighted by molar-refractivity contribution is 0.700. The van der Waals surface area contributed by atoms with Crippen LogP contribution in [0.1, 0.15) is 19.8 Å². The summed E-state index contributed by atoms with van der Waals surface area (Å²) in [5.74, 6) is 0. The fourth-order valence-corrected chi connectivity index (χ4v) is 2.43. The van der Waals surface area contributed by atoms with E-state index in [4.69, 9.17) is 0 Å². The molecule has 0 aliphatic carbocycles. The summed E-state index contributed by atoms with van der Waals surface area (Å²) < 4.78 is 0. The second kappa shape index (κ2) is 3.71. The standard InChI is InChI=1S/C14H16N2/c1-2-5-13-15-11-8-3-6-10-7-4-9-12(16-13)14(10)11/h3-4,6-9,13,15-16H,2,5H2,1H3. The van der Waals surface area contributed by atoms with Crippen LogP contribution in [0.15, 0.2) is 36.4 Å². The summed E-state index contributed by atoms with van der Waals surface area (Å²) in [6.07, 6.45) is 2.69. The average Bonchev–Trinajstić information content (AvgIpc) is 2.30. The monoisotopic (exact) mass is 212 g/mol. The first-order valence-electron chi connectivity index (χ1n) is 5.93. The van der Waals surface area contributed by atoms with Crippen molar-refractivity contribution in [1.82, 2.24) is 0 Å². The van der Waals surface area contributed by atoms with E-state index >= 15 is 0 Å². The SMILES string of the molecule is CCCC1Nc2cccc3cccc(c23)N1. The van der Waals surface area contributed by atoms with Crippen LogP contribution >= 0.6 is 0 Å². The highest BCUT2D eigenvalue weighted by Gasteiger charge is 2.17. The quantitative estimate of drug-likeness (QED) is 0.791. The smallest absolute Gasteiger partial charge is 0.0963 e. The Morgan fingerprint density at radius 2 is 1.62 bits per heavy atom. The lowest BCUT2D eigenvalue weighted by atomic mass is 10.0. The molecule has 1 aliphatic rings. The van der Waals surface area contributed by atoms with Gasteiger partial charge in [0.15, 0.2) is 0 Å². The van der Waals surface area contributed by atoms with Crippen LogP contribution in [0.3, 0.4) is 0 Å². The van der Waals surface area contributed by atoms with Crippen LogP contribution in [0.5, 0.6) is 0 Å². The normalized spacial score (nSPS) is 14.6. The van der Waals surface area contributed by atoms with Gasteiger partial charge < -0.3 is 10.6 Å². The highest BCUT2D eigenvalue weighted by molar-refractivity contribution is 6.04. The molecule has 0 saturated heterocycles. The zero-order chi connectivity index (χ0) is 11.0. The van der Waals surface area contributed by atoms with Gasteiger partial charge >= 0.3 is 0 Å². The molecule has 0 spiro atoms. The van der Waals surface area contributed by atoms with Crippen molar-refractivity contribution in [3.8, 4) is 0 Å². The van der Waals surface area contributed by atoms with Crippen LogP contribution in [0.25, 0.3) is 10.8 Å². The molecule has 0 atom stereocenters. The largest absolute Gasteiger partial charge is 0.365 e. The van der Waals surface area contributed by atoms with Crippen molar-refractivity contribution in [1.29, 1.82) is 0 Å². The van der Waals surface area contributed by atoms with Crippen LogP contribution in [0, 0.1) is 0 Å². The molecule has 0 fully saturated rings. The third-order valence-corrected chi connectivity index (χ3v) is 3.14. The lowest BCUT2D eigenvalue weighted by Gasteiger charge is -2.29. The topological polar surface area (TPSA) is 24.1 Å². The predicted octanol–water partition coefficient (Wildman–Crippen LogP) is 3.80. The van der Waals surface area contributed by atoms with E-state index in [2.05, 4.69) is 54.0 Å². The van der Waals surface area contributed by atoms with E-state index in [9.17, 15) is 0 Å². The third kappa shape index (κ3) is 1.42. The second-order valence-corrected chi connectivity index (χ2v) is 4.34. The van der Waals surface area contributed by atoms with E-state index in [1.807, 2.05) is 0 Å². The predicted molar refractivity (Wildman–Crippen MR) is 69.9 cm³/mol. The van der Waals surface area contributed by atoms with E-state index in [0.717, 1.165) is 6.42 Å². The molecular formula is C14H16N2. The number of anilines is 2. The maximum absolute atomic E-state index is 3.55. The molecule has 0 aromatic heterocycles. The molecule has 16 heavy (non-hydrogen) atoms. The highest BCUT2D eigenvalue weighted by atomic mass is 15.1. The average molecular weight is 212 g/mol. The maximum Gasteiger partial charge on any atom is 0.0963 e. The molecule has 2 aromatic rings. The minimum absolute atomic E-state index is 0.366. The first-order valence-corrected chi connectivity index (χ1v) is 5.93. The Hall–Kier alpha value is -1.70. The Labute approximate surface area is 95.7 Å². The van der Waals surface area contributed by atoms with Gasteiger partial charge in [0.1, 0.15) is 0 Å². The van der Waals surface area contributed by atoms with Crippen molar-refractivity contribution in [3.05, 3.63) is 36.4 Å². The van der Waals surface area contributed by atoms with Crippen molar-refractivity contribution in [2.45, 2.75) is 25.9 Å². The van der Waals surface area contributed by atoms with Gasteiger partial charge in [-0.2, -0.15) is 0 Å². The molecule has 2 heteroatoms. The molecule has 82 valence electrons. The summed E-state index contributed by atoms with van der Waals surface area (Å²) >= 11 is 0. The van der Waals surface area contributed by atoms with Gasteiger partial charge in [0.25, 0.3) is 0 Å². The van der Waals surface area contributed by atoms with E-state index < -0.39 is 0 Å². The van der Waals surface area contributed by atoms with E-state index in [1.165, 1.54) is 28.6 Å². The number of nitrogens with one attached hydrogen (secondary N) is 2. The minimum Gasteiger partial charge on any atom is -0.365 e. The Kier molecular flexibility index (Phi) is 2.21. The molecule has 2 nitrogen and oxygen atoms in total. The molecule has 0 saturated carbocycles. The number of hydrogen-bond donors (Lipinski definition) is 2. The van der Waals surface area contributed by atoms with E-state index in [0.29, 0.717) is 6.17 Å². The molecule has 2 aromatic carbocycles. The summed E-state index contributed by atoms with van der Waals surface area (Å²) in [5, 5.41) is 9.72. The van der Waals surface area contributed by atoms with Crippen LogP contribution in [0.4, 0.5) is 11.4 Å².